The molecule has 0 aromatic carbocycles. The molecule has 0 amide bonds. The number of alkyl halides is 3. The molecule has 1 aromatic rings. The van der Waals surface area contributed by atoms with Crippen LogP contribution in [0.4, 0.5) is 19.0 Å². The number of aromatic nitrogens is 1. The van der Waals surface area contributed by atoms with E-state index in [1.807, 2.05) is 4.90 Å². The minimum absolute atomic E-state index is 0.584. The van der Waals surface area contributed by atoms with Crippen LogP contribution >= 0.6 is 0 Å². The van der Waals surface area contributed by atoms with Crippen molar-refractivity contribution in [2.24, 2.45) is 0 Å². The van der Waals surface area contributed by atoms with Crippen molar-refractivity contribution in [2.75, 3.05) is 37.6 Å². The van der Waals surface area contributed by atoms with Gasteiger partial charge in [-0.1, -0.05) is 5.92 Å². The van der Waals surface area contributed by atoms with Crippen LogP contribution in [-0.2, 0) is 6.18 Å². The summed E-state index contributed by atoms with van der Waals surface area (Å²) in [6, 6.07) is 2.51. The second-order valence-corrected chi connectivity index (χ2v) is 4.72. The molecule has 1 saturated heterocycles. The normalized spacial score (nSPS) is 17.6. The highest BCUT2D eigenvalue weighted by molar-refractivity contribution is 5.40. The van der Waals surface area contributed by atoms with Crippen molar-refractivity contribution in [3.8, 4) is 12.3 Å². The number of nitrogens with zero attached hydrogens (tertiary/aromatic N) is 3. The second kappa shape index (κ2) is 6.14. The topological polar surface area (TPSA) is 19.4 Å². The average molecular weight is 283 g/mol. The molecule has 1 aromatic heterocycles. The molecule has 2 rings (SSSR count). The molecule has 0 aliphatic carbocycles. The molecule has 1 aliphatic rings. The van der Waals surface area contributed by atoms with Crippen molar-refractivity contribution in [3.63, 3.8) is 0 Å². The SMILES string of the molecule is C#CCN1CCCN(c2ccc(C(F)(F)F)cn2)CC1. The highest BCUT2D eigenvalue weighted by atomic mass is 19.4. The van der Waals surface area contributed by atoms with Crippen LogP contribution in [0.25, 0.3) is 0 Å². The van der Waals surface area contributed by atoms with Gasteiger partial charge in [-0.25, -0.2) is 4.98 Å². The van der Waals surface area contributed by atoms with Crippen LogP contribution in [0.3, 0.4) is 0 Å². The predicted octanol–water partition coefficient (Wildman–Crippen LogP) is 2.25. The first-order valence-corrected chi connectivity index (χ1v) is 6.45. The molecule has 1 fully saturated rings. The number of terminal acetylenes is 1. The number of halogens is 3. The summed E-state index contributed by atoms with van der Waals surface area (Å²) in [6.07, 6.45) is 2.76. The van der Waals surface area contributed by atoms with Gasteiger partial charge in [-0.05, 0) is 18.6 Å². The molecule has 0 bridgehead atoms. The summed E-state index contributed by atoms with van der Waals surface area (Å²) in [7, 11) is 0. The Kier molecular flexibility index (Phi) is 4.50. The maximum absolute atomic E-state index is 12.5. The van der Waals surface area contributed by atoms with Gasteiger partial charge in [0.25, 0.3) is 0 Å². The van der Waals surface area contributed by atoms with Gasteiger partial charge in [0.05, 0.1) is 12.1 Å². The van der Waals surface area contributed by atoms with Crippen LogP contribution < -0.4 is 4.90 Å². The molecule has 0 atom stereocenters. The average Bonchev–Trinajstić information content (AvgIpc) is 2.64. The Morgan fingerprint density at radius 2 is 2.00 bits per heavy atom. The fourth-order valence-electron chi connectivity index (χ4n) is 2.23. The standard InChI is InChI=1S/C14H16F3N3/c1-2-6-19-7-3-8-20(10-9-19)13-5-4-12(11-18-13)14(15,16)17/h1,4-5,11H,3,6-10H2. The third kappa shape index (κ3) is 3.64. The summed E-state index contributed by atoms with van der Waals surface area (Å²) in [6.45, 7) is 3.81. The Hall–Kier alpha value is -1.74. The summed E-state index contributed by atoms with van der Waals surface area (Å²) < 4.78 is 37.5. The maximum atomic E-state index is 12.5. The van der Waals surface area contributed by atoms with Gasteiger partial charge in [0.15, 0.2) is 0 Å². The lowest BCUT2D eigenvalue weighted by molar-refractivity contribution is -0.137. The fraction of sp³-hybridized carbons (Fsp3) is 0.500. The van der Waals surface area contributed by atoms with Crippen molar-refractivity contribution in [1.29, 1.82) is 0 Å². The highest BCUT2D eigenvalue weighted by Gasteiger charge is 2.30. The van der Waals surface area contributed by atoms with E-state index < -0.39 is 11.7 Å². The van der Waals surface area contributed by atoms with E-state index in [-0.39, 0.29) is 0 Å². The molecule has 0 unspecified atom stereocenters. The smallest absolute Gasteiger partial charge is 0.355 e. The first-order chi connectivity index (χ1) is 9.50. The Bertz CT molecular complexity index is 476. The van der Waals surface area contributed by atoms with Gasteiger partial charge in [-0.3, -0.25) is 4.90 Å². The van der Waals surface area contributed by atoms with Gasteiger partial charge in [0.2, 0.25) is 0 Å². The third-order valence-corrected chi connectivity index (χ3v) is 3.30. The molecule has 3 nitrogen and oxygen atoms in total. The van der Waals surface area contributed by atoms with E-state index in [1.54, 1.807) is 0 Å². The first kappa shape index (κ1) is 14.7. The van der Waals surface area contributed by atoms with Crippen LogP contribution in [0.15, 0.2) is 18.3 Å². The van der Waals surface area contributed by atoms with E-state index in [0.717, 1.165) is 44.9 Å². The van der Waals surface area contributed by atoms with Gasteiger partial charge in [-0.15, -0.1) is 6.42 Å². The Balaban J connectivity index is 2.03. The molecule has 20 heavy (non-hydrogen) atoms. The van der Waals surface area contributed by atoms with Crippen LogP contribution in [0.5, 0.6) is 0 Å². The zero-order valence-electron chi connectivity index (χ0n) is 11.0. The number of pyridine rings is 1. The number of rotatable bonds is 2. The highest BCUT2D eigenvalue weighted by Crippen LogP contribution is 2.29. The lowest BCUT2D eigenvalue weighted by Crippen LogP contribution is -2.31. The zero-order chi connectivity index (χ0) is 14.6. The largest absolute Gasteiger partial charge is 0.417 e. The van der Waals surface area contributed by atoms with Gasteiger partial charge in [-0.2, -0.15) is 13.2 Å². The molecule has 108 valence electrons. The Morgan fingerprint density at radius 3 is 2.60 bits per heavy atom. The van der Waals surface area contributed by atoms with Crippen LogP contribution in [0.1, 0.15) is 12.0 Å². The Morgan fingerprint density at radius 1 is 1.20 bits per heavy atom. The third-order valence-electron chi connectivity index (χ3n) is 3.30. The monoisotopic (exact) mass is 283 g/mol. The summed E-state index contributed by atoms with van der Waals surface area (Å²) >= 11 is 0. The molecule has 0 saturated carbocycles. The number of hydrogen-bond donors (Lipinski definition) is 0. The zero-order valence-corrected chi connectivity index (χ0v) is 11.0. The van der Waals surface area contributed by atoms with Crippen molar-refractivity contribution in [2.45, 2.75) is 12.6 Å². The van der Waals surface area contributed by atoms with Gasteiger partial charge >= 0.3 is 6.18 Å². The second-order valence-electron chi connectivity index (χ2n) is 4.72. The molecule has 0 spiro atoms. The summed E-state index contributed by atoms with van der Waals surface area (Å²) in [5.41, 5.74) is -0.718. The van der Waals surface area contributed by atoms with Crippen LogP contribution in [0.2, 0.25) is 0 Å². The lowest BCUT2D eigenvalue weighted by atomic mass is 10.2. The van der Waals surface area contributed by atoms with Crippen molar-refractivity contribution in [1.82, 2.24) is 9.88 Å². The maximum Gasteiger partial charge on any atom is 0.417 e. The van der Waals surface area contributed by atoms with E-state index in [0.29, 0.717) is 12.4 Å². The number of hydrogen-bond acceptors (Lipinski definition) is 3. The Labute approximate surface area is 116 Å². The molecule has 0 N–H and O–H groups in total. The fourth-order valence-corrected chi connectivity index (χ4v) is 2.23. The molecule has 2 heterocycles. The summed E-state index contributed by atoms with van der Waals surface area (Å²) in [5.74, 6) is 3.19. The van der Waals surface area contributed by atoms with Gasteiger partial charge in [0.1, 0.15) is 5.82 Å². The molecular weight excluding hydrogens is 267 g/mol. The predicted molar refractivity (Wildman–Crippen MR) is 71.3 cm³/mol. The molecule has 0 radical (unpaired) electrons. The first-order valence-electron chi connectivity index (χ1n) is 6.45. The molecule has 1 aliphatic heterocycles. The van der Waals surface area contributed by atoms with Crippen molar-refractivity contribution >= 4 is 5.82 Å². The van der Waals surface area contributed by atoms with Gasteiger partial charge < -0.3 is 4.90 Å². The summed E-state index contributed by atoms with van der Waals surface area (Å²) in [5, 5.41) is 0. The summed E-state index contributed by atoms with van der Waals surface area (Å²) in [4.78, 5) is 8.08. The van der Waals surface area contributed by atoms with Gasteiger partial charge in [0, 0.05) is 32.4 Å². The van der Waals surface area contributed by atoms with Crippen molar-refractivity contribution < 1.29 is 13.2 Å². The van der Waals surface area contributed by atoms with Crippen LogP contribution in [0, 0.1) is 12.3 Å². The quantitative estimate of drug-likeness (QED) is 0.776. The minimum Gasteiger partial charge on any atom is -0.355 e. The molecular formula is C14H16F3N3. The lowest BCUT2D eigenvalue weighted by Gasteiger charge is -2.22. The van der Waals surface area contributed by atoms with Crippen molar-refractivity contribution in [3.05, 3.63) is 23.9 Å². The number of anilines is 1. The molecule has 6 heteroatoms. The van der Waals surface area contributed by atoms with Crippen LogP contribution in [-0.4, -0.2) is 42.6 Å². The van der Waals surface area contributed by atoms with E-state index in [2.05, 4.69) is 15.8 Å². The minimum atomic E-state index is -4.34. The van der Waals surface area contributed by atoms with E-state index in [1.165, 1.54) is 6.07 Å². The van der Waals surface area contributed by atoms with E-state index in [9.17, 15) is 13.2 Å². The van der Waals surface area contributed by atoms with E-state index in [4.69, 9.17) is 6.42 Å². The van der Waals surface area contributed by atoms with E-state index >= 15 is 0 Å².